The van der Waals surface area contributed by atoms with E-state index in [-0.39, 0.29) is 29.4 Å². The Balaban J connectivity index is 1.55. The number of sulfonamides is 1. The van der Waals surface area contributed by atoms with Crippen LogP contribution < -0.4 is 23.8 Å². The molecule has 4 rings (SSSR count). The molecule has 12 heteroatoms. The first-order valence-corrected chi connectivity index (χ1v) is 12.7. The molecule has 194 valence electrons. The van der Waals surface area contributed by atoms with Crippen LogP contribution in [0, 0.1) is 17.0 Å². The van der Waals surface area contributed by atoms with Crippen molar-refractivity contribution >= 4 is 27.3 Å². The molecule has 0 radical (unpaired) electrons. The number of hydrogen-bond acceptors (Lipinski definition) is 8. The van der Waals surface area contributed by atoms with Gasteiger partial charge in [-0.15, -0.1) is 0 Å². The summed E-state index contributed by atoms with van der Waals surface area (Å²) in [5, 5.41) is 14.1. The Kier molecular flexibility index (Phi) is 7.48. The van der Waals surface area contributed by atoms with Crippen molar-refractivity contribution in [3.05, 3.63) is 82.4 Å². The van der Waals surface area contributed by atoms with Gasteiger partial charge in [-0.1, -0.05) is 18.2 Å². The van der Waals surface area contributed by atoms with Crippen LogP contribution in [0.4, 0.5) is 11.4 Å². The number of nitro benzene ring substituents is 1. The van der Waals surface area contributed by atoms with Gasteiger partial charge in [0, 0.05) is 11.6 Å². The van der Waals surface area contributed by atoms with E-state index in [1.54, 1.807) is 30.3 Å². The number of ether oxygens (including phenoxy) is 3. The Bertz CT molecular complexity index is 1410. The Morgan fingerprint density at radius 2 is 1.84 bits per heavy atom. The number of nitrogens with zero attached hydrogens (tertiary/aromatic N) is 2. The summed E-state index contributed by atoms with van der Waals surface area (Å²) in [5.41, 5.74) is 0.161. The first kappa shape index (κ1) is 25.8. The van der Waals surface area contributed by atoms with Gasteiger partial charge in [0.1, 0.15) is 25.0 Å². The fourth-order valence-electron chi connectivity index (χ4n) is 3.71. The molecule has 1 aliphatic rings. The number of methoxy groups -OCH3 is 1. The molecule has 1 aliphatic heterocycles. The van der Waals surface area contributed by atoms with Gasteiger partial charge in [0.2, 0.25) is 5.91 Å². The van der Waals surface area contributed by atoms with Crippen molar-refractivity contribution in [2.75, 3.05) is 31.1 Å². The molecule has 1 atom stereocenters. The van der Waals surface area contributed by atoms with Gasteiger partial charge in [0.25, 0.3) is 15.7 Å². The maximum atomic E-state index is 13.6. The van der Waals surface area contributed by atoms with Crippen molar-refractivity contribution in [3.8, 4) is 17.2 Å². The maximum absolute atomic E-state index is 13.6. The van der Waals surface area contributed by atoms with Crippen LogP contribution in [0.25, 0.3) is 0 Å². The molecule has 0 fully saturated rings. The second-order valence-electron chi connectivity index (χ2n) is 8.22. The standard InChI is InChI=1S/C25H25N3O8S/c1-17-7-12-21(13-22(17)28(30)31)37(32,33)27(18-8-10-19(34-2)11-9-18)15-25(29)26-14-20-16-35-23-5-3-4-6-24(23)36-20/h3-13,20H,14-16H2,1-2H3,(H,26,29)/t20-/m1/s1. The molecule has 1 heterocycles. The second-order valence-corrected chi connectivity index (χ2v) is 10.1. The van der Waals surface area contributed by atoms with Crippen molar-refractivity contribution in [2.24, 2.45) is 0 Å². The third-order valence-electron chi connectivity index (χ3n) is 5.71. The molecule has 0 bridgehead atoms. The average Bonchev–Trinajstić information content (AvgIpc) is 2.90. The fraction of sp³-hybridized carbons (Fsp3) is 0.240. The Morgan fingerprint density at radius 3 is 2.51 bits per heavy atom. The molecular weight excluding hydrogens is 502 g/mol. The predicted molar refractivity (Wildman–Crippen MR) is 135 cm³/mol. The summed E-state index contributed by atoms with van der Waals surface area (Å²) in [4.78, 5) is 23.3. The Morgan fingerprint density at radius 1 is 1.14 bits per heavy atom. The number of amides is 1. The van der Waals surface area contributed by atoms with Gasteiger partial charge in [-0.2, -0.15) is 0 Å². The Labute approximate surface area is 213 Å². The van der Waals surface area contributed by atoms with E-state index in [4.69, 9.17) is 14.2 Å². The summed E-state index contributed by atoms with van der Waals surface area (Å²) in [6, 6.07) is 16.9. The number of carbonyl (C=O) groups excluding carboxylic acids is 1. The quantitative estimate of drug-likeness (QED) is 0.331. The molecule has 11 nitrogen and oxygen atoms in total. The number of benzene rings is 3. The minimum Gasteiger partial charge on any atom is -0.497 e. The van der Waals surface area contributed by atoms with E-state index in [2.05, 4.69) is 5.32 Å². The molecule has 3 aromatic rings. The van der Waals surface area contributed by atoms with Gasteiger partial charge in [-0.3, -0.25) is 19.2 Å². The maximum Gasteiger partial charge on any atom is 0.273 e. The van der Waals surface area contributed by atoms with Crippen LogP contribution in [0.1, 0.15) is 5.56 Å². The molecule has 37 heavy (non-hydrogen) atoms. The van der Waals surface area contributed by atoms with Gasteiger partial charge < -0.3 is 19.5 Å². The summed E-state index contributed by atoms with van der Waals surface area (Å²) in [6.07, 6.45) is -0.468. The van der Waals surface area contributed by atoms with Crippen LogP contribution in [0.5, 0.6) is 17.2 Å². The minimum atomic E-state index is -4.35. The highest BCUT2D eigenvalue weighted by Gasteiger charge is 2.30. The topological polar surface area (TPSA) is 137 Å². The molecule has 0 aromatic heterocycles. The summed E-state index contributed by atoms with van der Waals surface area (Å²) in [6.45, 7) is 1.24. The summed E-state index contributed by atoms with van der Waals surface area (Å²) in [7, 11) is -2.88. The minimum absolute atomic E-state index is 0.0830. The summed E-state index contributed by atoms with van der Waals surface area (Å²) in [5.74, 6) is 1.06. The van der Waals surface area contributed by atoms with E-state index in [0.717, 1.165) is 10.4 Å². The first-order valence-electron chi connectivity index (χ1n) is 11.3. The van der Waals surface area contributed by atoms with Crippen molar-refractivity contribution in [1.82, 2.24) is 5.32 Å². The zero-order valence-electron chi connectivity index (χ0n) is 20.1. The highest BCUT2D eigenvalue weighted by molar-refractivity contribution is 7.92. The first-order chi connectivity index (χ1) is 17.7. The number of anilines is 1. The number of carbonyl (C=O) groups is 1. The van der Waals surface area contributed by atoms with Crippen molar-refractivity contribution < 1.29 is 32.3 Å². The van der Waals surface area contributed by atoms with E-state index in [1.165, 1.54) is 38.3 Å². The highest BCUT2D eigenvalue weighted by atomic mass is 32.2. The third kappa shape index (κ3) is 5.75. The second kappa shape index (κ2) is 10.7. The average molecular weight is 528 g/mol. The van der Waals surface area contributed by atoms with Gasteiger partial charge in [0.15, 0.2) is 11.5 Å². The lowest BCUT2D eigenvalue weighted by Gasteiger charge is -2.27. The summed E-state index contributed by atoms with van der Waals surface area (Å²) >= 11 is 0. The van der Waals surface area contributed by atoms with E-state index in [0.29, 0.717) is 22.8 Å². The smallest absolute Gasteiger partial charge is 0.273 e. The molecule has 1 amide bonds. The molecular formula is C25H25N3O8S. The number of fused-ring (bicyclic) bond motifs is 1. The van der Waals surface area contributed by atoms with Gasteiger partial charge in [-0.25, -0.2) is 8.42 Å². The number of nitrogens with one attached hydrogen (secondary N) is 1. The number of para-hydroxylation sites is 2. The normalized spacial score (nSPS) is 14.5. The van der Waals surface area contributed by atoms with Gasteiger partial charge >= 0.3 is 0 Å². The summed E-state index contributed by atoms with van der Waals surface area (Å²) < 4.78 is 44.7. The predicted octanol–water partition coefficient (Wildman–Crippen LogP) is 3.06. The van der Waals surface area contributed by atoms with Crippen LogP contribution in [0.2, 0.25) is 0 Å². The monoisotopic (exact) mass is 527 g/mol. The number of rotatable bonds is 9. The molecule has 0 aliphatic carbocycles. The molecule has 0 saturated carbocycles. The molecule has 3 aromatic carbocycles. The number of hydrogen-bond donors (Lipinski definition) is 1. The Hall–Kier alpha value is -4.32. The van der Waals surface area contributed by atoms with Crippen LogP contribution in [-0.2, 0) is 14.8 Å². The van der Waals surface area contributed by atoms with E-state index in [9.17, 15) is 23.3 Å². The SMILES string of the molecule is COc1ccc(N(CC(=O)NC[C@@H]2COc3ccccc3O2)S(=O)(=O)c2ccc(C)c([N+](=O)[O-])c2)cc1. The highest BCUT2D eigenvalue weighted by Crippen LogP contribution is 2.31. The van der Waals surface area contributed by atoms with Gasteiger partial charge in [-0.05, 0) is 49.4 Å². The largest absolute Gasteiger partial charge is 0.497 e. The van der Waals surface area contributed by atoms with Crippen molar-refractivity contribution in [2.45, 2.75) is 17.9 Å². The van der Waals surface area contributed by atoms with E-state index >= 15 is 0 Å². The zero-order valence-corrected chi connectivity index (χ0v) is 20.9. The lowest BCUT2D eigenvalue weighted by atomic mass is 10.2. The molecule has 0 spiro atoms. The van der Waals surface area contributed by atoms with E-state index in [1.807, 2.05) is 6.07 Å². The van der Waals surface area contributed by atoms with E-state index < -0.39 is 33.5 Å². The van der Waals surface area contributed by atoms with Crippen molar-refractivity contribution in [1.29, 1.82) is 0 Å². The van der Waals surface area contributed by atoms with Crippen molar-refractivity contribution in [3.63, 3.8) is 0 Å². The molecule has 0 saturated heterocycles. The van der Waals surface area contributed by atoms with Crippen LogP contribution in [0.15, 0.2) is 71.6 Å². The third-order valence-corrected chi connectivity index (χ3v) is 7.48. The van der Waals surface area contributed by atoms with Crippen LogP contribution >= 0.6 is 0 Å². The lowest BCUT2D eigenvalue weighted by Crippen LogP contribution is -2.45. The van der Waals surface area contributed by atoms with Crippen LogP contribution in [0.3, 0.4) is 0 Å². The van der Waals surface area contributed by atoms with Gasteiger partial charge in [0.05, 0.1) is 29.2 Å². The van der Waals surface area contributed by atoms with Crippen LogP contribution in [-0.4, -0.2) is 52.2 Å². The lowest BCUT2D eigenvalue weighted by molar-refractivity contribution is -0.385. The number of aryl methyl sites for hydroxylation is 1. The molecule has 1 N–H and O–H groups in total. The number of nitro groups is 1. The fourth-order valence-corrected chi connectivity index (χ4v) is 5.16. The molecule has 0 unspecified atom stereocenters. The zero-order chi connectivity index (χ0) is 26.6.